The summed E-state index contributed by atoms with van der Waals surface area (Å²) in [5.41, 5.74) is 0.163. The molecule has 0 spiro atoms. The molecule has 92 valence electrons. The van der Waals surface area contributed by atoms with Crippen molar-refractivity contribution in [3.63, 3.8) is 0 Å². The van der Waals surface area contributed by atoms with Crippen molar-refractivity contribution in [2.24, 2.45) is 0 Å². The Morgan fingerprint density at radius 3 is 2.81 bits per heavy atom. The molecule has 0 amide bonds. The highest BCUT2D eigenvalue weighted by Crippen LogP contribution is 2.14. The second-order valence-electron chi connectivity index (χ2n) is 4.45. The van der Waals surface area contributed by atoms with Gasteiger partial charge in [0.05, 0.1) is 0 Å². The van der Waals surface area contributed by atoms with E-state index in [0.717, 1.165) is 31.8 Å². The summed E-state index contributed by atoms with van der Waals surface area (Å²) in [6.07, 6.45) is 5.96. The first-order chi connectivity index (χ1) is 7.61. The van der Waals surface area contributed by atoms with Crippen LogP contribution in [0.25, 0.3) is 0 Å². The fourth-order valence-corrected chi connectivity index (χ4v) is 2.13. The lowest BCUT2D eigenvalue weighted by Gasteiger charge is -2.29. The van der Waals surface area contributed by atoms with Crippen LogP contribution in [-0.4, -0.2) is 27.5 Å². The summed E-state index contributed by atoms with van der Waals surface area (Å²) in [6.45, 7) is 8.37. The number of aromatic nitrogens is 2. The van der Waals surface area contributed by atoms with Crippen LogP contribution in [0.4, 0.5) is 0 Å². The molecule has 16 heavy (non-hydrogen) atoms. The molecule has 0 aromatic carbocycles. The zero-order valence-electron chi connectivity index (χ0n) is 10.5. The third kappa shape index (κ3) is 3.80. The summed E-state index contributed by atoms with van der Waals surface area (Å²) in [5, 5.41) is 3.58. The lowest BCUT2D eigenvalue weighted by molar-refractivity contribution is 0.327. The molecule has 0 fully saturated rings. The van der Waals surface area contributed by atoms with Crippen LogP contribution in [0.3, 0.4) is 0 Å². The number of hydrogen-bond donors (Lipinski definition) is 1. The lowest BCUT2D eigenvalue weighted by Crippen LogP contribution is -2.43. The molecule has 1 N–H and O–H groups in total. The van der Waals surface area contributed by atoms with E-state index in [1.807, 2.05) is 19.3 Å². The normalized spacial score (nSPS) is 15.0. The van der Waals surface area contributed by atoms with Crippen molar-refractivity contribution in [3.05, 3.63) is 18.2 Å². The van der Waals surface area contributed by atoms with E-state index >= 15 is 0 Å². The molecular formula is C12H22ClN3. The highest BCUT2D eigenvalue weighted by Gasteiger charge is 2.19. The highest BCUT2D eigenvalue weighted by molar-refractivity contribution is 6.17. The van der Waals surface area contributed by atoms with E-state index in [2.05, 4.69) is 28.7 Å². The van der Waals surface area contributed by atoms with Gasteiger partial charge in [0.15, 0.2) is 0 Å². The minimum atomic E-state index is 0.163. The monoisotopic (exact) mass is 243 g/mol. The molecule has 1 rings (SSSR count). The van der Waals surface area contributed by atoms with Crippen LogP contribution in [0.2, 0.25) is 0 Å². The van der Waals surface area contributed by atoms with Crippen molar-refractivity contribution in [2.75, 3.05) is 12.4 Å². The highest BCUT2D eigenvalue weighted by atomic mass is 35.5. The van der Waals surface area contributed by atoms with Gasteiger partial charge >= 0.3 is 0 Å². The Kier molecular flexibility index (Phi) is 5.29. The van der Waals surface area contributed by atoms with Gasteiger partial charge in [-0.25, -0.2) is 4.98 Å². The van der Waals surface area contributed by atoms with Crippen LogP contribution in [0, 0.1) is 6.92 Å². The first kappa shape index (κ1) is 13.5. The second-order valence-corrected chi connectivity index (χ2v) is 4.83. The van der Waals surface area contributed by atoms with Gasteiger partial charge in [-0.1, -0.05) is 6.92 Å². The van der Waals surface area contributed by atoms with Crippen molar-refractivity contribution in [1.29, 1.82) is 0 Å². The Balaban J connectivity index is 2.36. The Morgan fingerprint density at radius 2 is 2.31 bits per heavy atom. The average Bonchev–Trinajstić information content (AvgIpc) is 2.65. The molecule has 1 heterocycles. The van der Waals surface area contributed by atoms with E-state index in [1.54, 1.807) is 0 Å². The van der Waals surface area contributed by atoms with E-state index in [9.17, 15) is 0 Å². The Morgan fingerprint density at radius 1 is 1.56 bits per heavy atom. The van der Waals surface area contributed by atoms with Gasteiger partial charge in [-0.2, -0.15) is 0 Å². The number of halogens is 1. The molecule has 1 aromatic rings. The summed E-state index contributed by atoms with van der Waals surface area (Å²) >= 11 is 5.81. The third-order valence-electron chi connectivity index (χ3n) is 3.25. The number of aryl methyl sites for hydroxylation is 1. The maximum atomic E-state index is 5.81. The minimum Gasteiger partial charge on any atom is -0.334 e. The van der Waals surface area contributed by atoms with E-state index in [4.69, 9.17) is 11.6 Å². The van der Waals surface area contributed by atoms with Gasteiger partial charge in [0.2, 0.25) is 0 Å². The van der Waals surface area contributed by atoms with Crippen LogP contribution in [0.5, 0.6) is 0 Å². The van der Waals surface area contributed by atoms with E-state index in [1.165, 1.54) is 0 Å². The molecule has 0 radical (unpaired) electrons. The standard InChI is InChI=1S/C12H22ClN3/c1-4-12(3,5-6-13)15-8-10-16-9-7-14-11(16)2/h7,9,15H,4-6,8,10H2,1-3H3. The second kappa shape index (κ2) is 6.26. The van der Waals surface area contributed by atoms with Gasteiger partial charge < -0.3 is 9.88 Å². The molecule has 3 nitrogen and oxygen atoms in total. The average molecular weight is 244 g/mol. The zero-order chi connectivity index (χ0) is 12.0. The smallest absolute Gasteiger partial charge is 0.105 e. The third-order valence-corrected chi connectivity index (χ3v) is 3.44. The quantitative estimate of drug-likeness (QED) is 0.746. The van der Waals surface area contributed by atoms with Crippen LogP contribution >= 0.6 is 11.6 Å². The van der Waals surface area contributed by atoms with Gasteiger partial charge in [0.1, 0.15) is 5.82 Å². The summed E-state index contributed by atoms with van der Waals surface area (Å²) in [7, 11) is 0. The summed E-state index contributed by atoms with van der Waals surface area (Å²) < 4.78 is 2.16. The molecule has 0 bridgehead atoms. The lowest BCUT2D eigenvalue weighted by atomic mass is 9.95. The summed E-state index contributed by atoms with van der Waals surface area (Å²) in [5.74, 6) is 1.78. The molecule has 0 aliphatic carbocycles. The van der Waals surface area contributed by atoms with E-state index in [-0.39, 0.29) is 5.54 Å². The van der Waals surface area contributed by atoms with Crippen LogP contribution in [0.15, 0.2) is 12.4 Å². The Bertz CT molecular complexity index is 311. The Labute approximate surface area is 103 Å². The molecule has 1 atom stereocenters. The molecule has 0 saturated carbocycles. The molecule has 1 aromatic heterocycles. The number of alkyl halides is 1. The maximum Gasteiger partial charge on any atom is 0.105 e. The number of rotatable bonds is 7. The molecule has 1 unspecified atom stereocenters. The number of imidazole rings is 1. The van der Waals surface area contributed by atoms with Crippen molar-refractivity contribution in [1.82, 2.24) is 14.9 Å². The fourth-order valence-electron chi connectivity index (χ4n) is 1.72. The van der Waals surface area contributed by atoms with Gasteiger partial charge in [0, 0.05) is 36.9 Å². The van der Waals surface area contributed by atoms with Gasteiger partial charge in [0.25, 0.3) is 0 Å². The molecule has 0 aliphatic heterocycles. The first-order valence-corrected chi connectivity index (χ1v) is 6.43. The summed E-state index contributed by atoms with van der Waals surface area (Å²) in [4.78, 5) is 4.20. The zero-order valence-corrected chi connectivity index (χ0v) is 11.2. The molecule has 0 aliphatic rings. The molecule has 4 heteroatoms. The molecular weight excluding hydrogens is 222 g/mol. The minimum absolute atomic E-state index is 0.163. The van der Waals surface area contributed by atoms with Gasteiger partial charge in [-0.05, 0) is 26.7 Å². The topological polar surface area (TPSA) is 29.9 Å². The van der Waals surface area contributed by atoms with E-state index in [0.29, 0.717) is 5.88 Å². The maximum absolute atomic E-state index is 5.81. The van der Waals surface area contributed by atoms with Crippen molar-refractivity contribution >= 4 is 11.6 Å². The van der Waals surface area contributed by atoms with Crippen molar-refractivity contribution in [2.45, 2.75) is 45.7 Å². The van der Waals surface area contributed by atoms with Crippen molar-refractivity contribution in [3.8, 4) is 0 Å². The van der Waals surface area contributed by atoms with Crippen LogP contribution < -0.4 is 5.32 Å². The Hall–Kier alpha value is -0.540. The van der Waals surface area contributed by atoms with Crippen LogP contribution in [0.1, 0.15) is 32.5 Å². The largest absolute Gasteiger partial charge is 0.334 e. The number of nitrogens with zero attached hydrogens (tertiary/aromatic N) is 2. The van der Waals surface area contributed by atoms with Crippen LogP contribution in [-0.2, 0) is 6.54 Å². The SMILES string of the molecule is CCC(C)(CCCl)NCCn1ccnc1C. The first-order valence-electron chi connectivity index (χ1n) is 5.90. The predicted octanol–water partition coefficient (Wildman–Crippen LogP) is 2.58. The van der Waals surface area contributed by atoms with Gasteiger partial charge in [-0.15, -0.1) is 11.6 Å². The van der Waals surface area contributed by atoms with Gasteiger partial charge in [-0.3, -0.25) is 0 Å². The van der Waals surface area contributed by atoms with E-state index < -0.39 is 0 Å². The number of nitrogens with one attached hydrogen (secondary N) is 1. The fraction of sp³-hybridized carbons (Fsp3) is 0.750. The number of hydrogen-bond acceptors (Lipinski definition) is 2. The molecule has 0 saturated heterocycles. The van der Waals surface area contributed by atoms with Crippen molar-refractivity contribution < 1.29 is 0 Å². The predicted molar refractivity (Wildman–Crippen MR) is 69.0 cm³/mol. The summed E-state index contributed by atoms with van der Waals surface area (Å²) in [6, 6.07) is 0.